The second-order valence-corrected chi connectivity index (χ2v) is 7.91. The van der Waals surface area contributed by atoms with E-state index in [1.165, 1.54) is 11.1 Å². The van der Waals surface area contributed by atoms with Gasteiger partial charge in [-0.05, 0) is 42.2 Å². The standard InChI is InChI=1S/C23H32O2/c1-5-6-16-25-22(24)21(17-18-10-8-7-9-11-18)19-12-14-20(15-13-19)23(2,3)4/h8,10-15,21H,5-7,9,16-17H2,1-4H3. The average molecular weight is 341 g/mol. The van der Waals surface area contributed by atoms with E-state index < -0.39 is 0 Å². The Bertz CT molecular complexity index is 614. The lowest BCUT2D eigenvalue weighted by molar-refractivity contribution is -0.145. The van der Waals surface area contributed by atoms with E-state index in [4.69, 9.17) is 4.74 Å². The summed E-state index contributed by atoms with van der Waals surface area (Å²) in [6.07, 6.45) is 11.4. The van der Waals surface area contributed by atoms with Crippen molar-refractivity contribution in [2.24, 2.45) is 0 Å². The van der Waals surface area contributed by atoms with Gasteiger partial charge in [0.1, 0.15) is 0 Å². The number of unbranched alkanes of at least 4 members (excludes halogenated alkanes) is 1. The Balaban J connectivity index is 2.19. The molecular weight excluding hydrogens is 308 g/mol. The van der Waals surface area contributed by atoms with Crippen molar-refractivity contribution < 1.29 is 9.53 Å². The van der Waals surface area contributed by atoms with E-state index >= 15 is 0 Å². The quantitative estimate of drug-likeness (QED) is 0.444. The molecule has 2 rings (SSSR count). The van der Waals surface area contributed by atoms with E-state index in [2.05, 4.69) is 70.2 Å². The van der Waals surface area contributed by atoms with Crippen molar-refractivity contribution in [1.82, 2.24) is 0 Å². The molecule has 1 atom stereocenters. The van der Waals surface area contributed by atoms with Crippen LogP contribution in [0.5, 0.6) is 0 Å². The fourth-order valence-corrected chi connectivity index (χ4v) is 3.03. The highest BCUT2D eigenvalue weighted by molar-refractivity contribution is 5.78. The summed E-state index contributed by atoms with van der Waals surface area (Å²) in [6, 6.07) is 8.48. The number of carbonyl (C=O) groups excluding carboxylic acids is 1. The lowest BCUT2D eigenvalue weighted by atomic mass is 9.84. The Morgan fingerprint density at radius 3 is 2.44 bits per heavy atom. The molecule has 1 unspecified atom stereocenters. The lowest BCUT2D eigenvalue weighted by Gasteiger charge is -2.22. The molecule has 0 aromatic heterocycles. The zero-order valence-electron chi connectivity index (χ0n) is 16.2. The van der Waals surface area contributed by atoms with Crippen molar-refractivity contribution in [3.63, 3.8) is 0 Å². The second kappa shape index (κ2) is 9.03. The third-order valence-electron chi connectivity index (χ3n) is 4.72. The Morgan fingerprint density at radius 2 is 1.88 bits per heavy atom. The molecule has 0 saturated heterocycles. The molecule has 0 radical (unpaired) electrons. The minimum atomic E-state index is -0.222. The largest absolute Gasteiger partial charge is 0.465 e. The summed E-state index contributed by atoms with van der Waals surface area (Å²) >= 11 is 0. The summed E-state index contributed by atoms with van der Waals surface area (Å²) < 4.78 is 5.55. The van der Waals surface area contributed by atoms with Gasteiger partial charge in [0, 0.05) is 0 Å². The van der Waals surface area contributed by atoms with Gasteiger partial charge in [0.05, 0.1) is 12.5 Å². The first kappa shape index (κ1) is 19.5. The molecule has 2 nitrogen and oxygen atoms in total. The summed E-state index contributed by atoms with van der Waals surface area (Å²) in [5, 5.41) is 0. The van der Waals surface area contributed by atoms with Gasteiger partial charge in [0.15, 0.2) is 0 Å². The van der Waals surface area contributed by atoms with E-state index in [9.17, 15) is 4.79 Å². The summed E-state index contributed by atoms with van der Waals surface area (Å²) in [6.45, 7) is 9.23. The average Bonchev–Trinajstić information content (AvgIpc) is 2.60. The molecule has 0 saturated carbocycles. The SMILES string of the molecule is CCCCOC(=O)C(CC1=CCCC=C1)c1ccc(C(C)(C)C)cc1. The van der Waals surface area contributed by atoms with E-state index in [0.29, 0.717) is 6.61 Å². The first-order chi connectivity index (χ1) is 11.9. The highest BCUT2D eigenvalue weighted by Gasteiger charge is 2.24. The van der Waals surface area contributed by atoms with E-state index in [1.54, 1.807) is 0 Å². The maximum atomic E-state index is 12.7. The van der Waals surface area contributed by atoms with Crippen LogP contribution in [0.25, 0.3) is 0 Å². The smallest absolute Gasteiger partial charge is 0.313 e. The summed E-state index contributed by atoms with van der Waals surface area (Å²) in [5.74, 6) is -0.322. The van der Waals surface area contributed by atoms with E-state index in [1.807, 2.05) is 0 Å². The van der Waals surface area contributed by atoms with Crippen LogP contribution in [0.4, 0.5) is 0 Å². The molecule has 1 aliphatic rings. The van der Waals surface area contributed by atoms with Crippen LogP contribution in [0.2, 0.25) is 0 Å². The van der Waals surface area contributed by atoms with Crippen molar-refractivity contribution in [2.75, 3.05) is 6.61 Å². The molecule has 0 bridgehead atoms. The Labute approximate surface area is 153 Å². The van der Waals surface area contributed by atoms with Crippen LogP contribution in [0.3, 0.4) is 0 Å². The zero-order chi connectivity index (χ0) is 18.3. The number of rotatable bonds is 7. The number of allylic oxidation sites excluding steroid dienone is 4. The summed E-state index contributed by atoms with van der Waals surface area (Å²) in [5.41, 5.74) is 3.69. The van der Waals surface area contributed by atoms with E-state index in [-0.39, 0.29) is 17.3 Å². The van der Waals surface area contributed by atoms with Gasteiger partial charge in [-0.1, -0.05) is 82.2 Å². The molecule has 0 aliphatic heterocycles. The van der Waals surface area contributed by atoms with Crippen molar-refractivity contribution >= 4 is 5.97 Å². The number of hydrogen-bond acceptors (Lipinski definition) is 2. The van der Waals surface area contributed by atoms with Crippen LogP contribution in [-0.4, -0.2) is 12.6 Å². The number of carbonyl (C=O) groups is 1. The van der Waals surface area contributed by atoms with E-state index in [0.717, 1.165) is 37.7 Å². The van der Waals surface area contributed by atoms with Gasteiger partial charge in [0.2, 0.25) is 0 Å². The Morgan fingerprint density at radius 1 is 1.16 bits per heavy atom. The number of ether oxygens (including phenoxy) is 1. The predicted octanol–water partition coefficient (Wildman–Crippen LogP) is 6.08. The van der Waals surface area contributed by atoms with Gasteiger partial charge in [-0.2, -0.15) is 0 Å². The van der Waals surface area contributed by atoms with Crippen molar-refractivity contribution in [1.29, 1.82) is 0 Å². The normalized spacial score (nSPS) is 15.6. The monoisotopic (exact) mass is 340 g/mol. The molecular formula is C23H32O2. The van der Waals surface area contributed by atoms with Crippen LogP contribution in [0, 0.1) is 0 Å². The molecule has 1 aromatic carbocycles. The first-order valence-corrected chi connectivity index (χ1v) is 9.54. The lowest BCUT2D eigenvalue weighted by Crippen LogP contribution is -2.18. The molecule has 0 fully saturated rings. The third kappa shape index (κ3) is 5.88. The molecule has 2 heteroatoms. The molecule has 25 heavy (non-hydrogen) atoms. The van der Waals surface area contributed by atoms with Gasteiger partial charge in [-0.3, -0.25) is 4.79 Å². The Kier molecular flexibility index (Phi) is 7.04. The molecule has 0 spiro atoms. The van der Waals surface area contributed by atoms with Crippen LogP contribution in [0.1, 0.15) is 76.8 Å². The fourth-order valence-electron chi connectivity index (χ4n) is 3.03. The van der Waals surface area contributed by atoms with Crippen LogP contribution in [-0.2, 0) is 14.9 Å². The highest BCUT2D eigenvalue weighted by Crippen LogP contribution is 2.30. The first-order valence-electron chi connectivity index (χ1n) is 9.54. The van der Waals surface area contributed by atoms with Gasteiger partial charge in [-0.25, -0.2) is 0 Å². The molecule has 136 valence electrons. The van der Waals surface area contributed by atoms with Gasteiger partial charge in [0.25, 0.3) is 0 Å². The van der Waals surface area contributed by atoms with Crippen LogP contribution in [0.15, 0.2) is 48.1 Å². The molecule has 1 aromatic rings. The molecule has 0 amide bonds. The van der Waals surface area contributed by atoms with Crippen LogP contribution < -0.4 is 0 Å². The van der Waals surface area contributed by atoms with Crippen molar-refractivity contribution in [2.45, 2.75) is 71.1 Å². The highest BCUT2D eigenvalue weighted by atomic mass is 16.5. The molecule has 0 N–H and O–H groups in total. The Hall–Kier alpha value is -1.83. The number of esters is 1. The van der Waals surface area contributed by atoms with Crippen molar-refractivity contribution in [3.05, 3.63) is 59.2 Å². The topological polar surface area (TPSA) is 26.3 Å². The number of benzene rings is 1. The summed E-state index contributed by atoms with van der Waals surface area (Å²) in [4.78, 5) is 12.7. The number of hydrogen-bond donors (Lipinski definition) is 0. The maximum Gasteiger partial charge on any atom is 0.313 e. The van der Waals surface area contributed by atoms with Gasteiger partial charge in [-0.15, -0.1) is 0 Å². The zero-order valence-corrected chi connectivity index (χ0v) is 16.2. The predicted molar refractivity (Wildman–Crippen MR) is 105 cm³/mol. The van der Waals surface area contributed by atoms with Crippen molar-refractivity contribution in [3.8, 4) is 0 Å². The van der Waals surface area contributed by atoms with Gasteiger partial charge < -0.3 is 4.74 Å². The van der Waals surface area contributed by atoms with Gasteiger partial charge >= 0.3 is 5.97 Å². The third-order valence-corrected chi connectivity index (χ3v) is 4.72. The maximum absolute atomic E-state index is 12.7. The van der Waals surface area contributed by atoms with Crippen LogP contribution >= 0.6 is 0 Å². The molecule has 1 aliphatic carbocycles. The molecule has 0 heterocycles. The second-order valence-electron chi connectivity index (χ2n) is 7.91. The minimum absolute atomic E-state index is 0.100. The minimum Gasteiger partial charge on any atom is -0.465 e. The fraction of sp³-hybridized carbons (Fsp3) is 0.522. The summed E-state index contributed by atoms with van der Waals surface area (Å²) in [7, 11) is 0.